The molecule has 110 valence electrons. The highest BCUT2D eigenvalue weighted by Gasteiger charge is 2.22. The summed E-state index contributed by atoms with van der Waals surface area (Å²) in [4.78, 5) is 24.0. The largest absolute Gasteiger partial charge is 0.478 e. The Labute approximate surface area is 123 Å². The second kappa shape index (κ2) is 6.01. The zero-order valence-electron chi connectivity index (χ0n) is 10.9. The van der Waals surface area contributed by atoms with Crippen LogP contribution in [0, 0.1) is 11.6 Å². The minimum Gasteiger partial charge on any atom is -0.478 e. The first-order valence-electron chi connectivity index (χ1n) is 5.96. The molecule has 1 aromatic carbocycles. The van der Waals surface area contributed by atoms with Crippen molar-refractivity contribution in [3.8, 4) is 0 Å². The van der Waals surface area contributed by atoms with E-state index < -0.39 is 34.6 Å². The van der Waals surface area contributed by atoms with Crippen LogP contribution in [-0.2, 0) is 0 Å². The zero-order chi connectivity index (χ0) is 15.6. The molecule has 1 atom stereocenters. The normalized spacial score (nSPS) is 12.0. The van der Waals surface area contributed by atoms with Crippen molar-refractivity contribution in [3.63, 3.8) is 0 Å². The number of carboxylic acid groups (broad SMARTS) is 1. The summed E-state index contributed by atoms with van der Waals surface area (Å²) in [5, 5.41) is 13.4. The highest BCUT2D eigenvalue weighted by molar-refractivity contribution is 7.10. The molecule has 0 aliphatic rings. The number of amides is 1. The Morgan fingerprint density at radius 1 is 1.24 bits per heavy atom. The molecule has 1 aromatic heterocycles. The average molecular weight is 311 g/mol. The Morgan fingerprint density at radius 2 is 1.86 bits per heavy atom. The molecule has 0 radical (unpaired) electrons. The highest BCUT2D eigenvalue weighted by Crippen LogP contribution is 2.20. The predicted octanol–water partition coefficient (Wildman–Crippen LogP) is 3.22. The standard InChI is InChI=1S/C14H11F2NO3S/c1-7(12-3-2-4-21-12)17-13(18)8-5-10(15)11(16)6-9(8)14(19)20/h2-7H,1H3,(H,17,18)(H,19,20)/t7-/m1/s1. The summed E-state index contributed by atoms with van der Waals surface area (Å²) < 4.78 is 26.3. The van der Waals surface area contributed by atoms with E-state index in [1.807, 2.05) is 11.4 Å². The van der Waals surface area contributed by atoms with Gasteiger partial charge in [-0.2, -0.15) is 0 Å². The fourth-order valence-electron chi connectivity index (χ4n) is 1.79. The van der Waals surface area contributed by atoms with Gasteiger partial charge in [-0.25, -0.2) is 13.6 Å². The van der Waals surface area contributed by atoms with Gasteiger partial charge in [-0.3, -0.25) is 4.79 Å². The van der Waals surface area contributed by atoms with E-state index >= 15 is 0 Å². The molecule has 0 aliphatic heterocycles. The number of carboxylic acids is 1. The molecule has 21 heavy (non-hydrogen) atoms. The lowest BCUT2D eigenvalue weighted by molar-refractivity contribution is 0.0689. The molecule has 7 heteroatoms. The summed E-state index contributed by atoms with van der Waals surface area (Å²) in [5.74, 6) is -4.85. The third-order valence-corrected chi connectivity index (χ3v) is 3.91. The van der Waals surface area contributed by atoms with E-state index in [2.05, 4.69) is 5.32 Å². The first kappa shape index (κ1) is 15.1. The lowest BCUT2D eigenvalue weighted by atomic mass is 10.1. The Morgan fingerprint density at radius 3 is 2.38 bits per heavy atom. The molecule has 1 heterocycles. The van der Waals surface area contributed by atoms with Gasteiger partial charge < -0.3 is 10.4 Å². The summed E-state index contributed by atoms with van der Waals surface area (Å²) in [7, 11) is 0. The summed E-state index contributed by atoms with van der Waals surface area (Å²) in [6, 6.07) is 4.34. The molecule has 0 bridgehead atoms. The minimum atomic E-state index is -1.50. The fourth-order valence-corrected chi connectivity index (χ4v) is 2.53. The van der Waals surface area contributed by atoms with Crippen molar-refractivity contribution < 1.29 is 23.5 Å². The van der Waals surface area contributed by atoms with Gasteiger partial charge in [0, 0.05) is 4.88 Å². The SMILES string of the molecule is C[C@@H](NC(=O)c1cc(F)c(F)cc1C(=O)O)c1cccs1. The number of thiophene rings is 1. The summed E-state index contributed by atoms with van der Waals surface area (Å²) in [5.41, 5.74) is -0.991. The molecule has 2 aromatic rings. The molecule has 0 spiro atoms. The van der Waals surface area contributed by atoms with Crippen molar-refractivity contribution in [1.82, 2.24) is 5.32 Å². The van der Waals surface area contributed by atoms with Gasteiger partial charge >= 0.3 is 5.97 Å². The Hall–Kier alpha value is -2.28. The van der Waals surface area contributed by atoms with Crippen LogP contribution in [0.1, 0.15) is 38.6 Å². The maximum Gasteiger partial charge on any atom is 0.336 e. The second-order valence-electron chi connectivity index (χ2n) is 4.33. The van der Waals surface area contributed by atoms with E-state index in [4.69, 9.17) is 5.11 Å². The second-order valence-corrected chi connectivity index (χ2v) is 5.31. The maximum absolute atomic E-state index is 13.2. The third kappa shape index (κ3) is 3.25. The first-order chi connectivity index (χ1) is 9.90. The van der Waals surface area contributed by atoms with Crippen LogP contribution in [0.15, 0.2) is 29.6 Å². The summed E-state index contributed by atoms with van der Waals surface area (Å²) in [6.07, 6.45) is 0. The predicted molar refractivity (Wildman–Crippen MR) is 73.5 cm³/mol. The fraction of sp³-hybridized carbons (Fsp3) is 0.143. The first-order valence-corrected chi connectivity index (χ1v) is 6.84. The minimum absolute atomic E-state index is 0.368. The molecule has 0 aliphatic carbocycles. The van der Waals surface area contributed by atoms with E-state index in [1.54, 1.807) is 13.0 Å². The van der Waals surface area contributed by atoms with Crippen LogP contribution in [-0.4, -0.2) is 17.0 Å². The van der Waals surface area contributed by atoms with Crippen molar-refractivity contribution in [2.24, 2.45) is 0 Å². The van der Waals surface area contributed by atoms with E-state index in [0.29, 0.717) is 12.1 Å². The van der Waals surface area contributed by atoms with Crippen LogP contribution in [0.2, 0.25) is 0 Å². The topological polar surface area (TPSA) is 66.4 Å². The van der Waals surface area contributed by atoms with E-state index in [1.165, 1.54) is 11.3 Å². The number of aromatic carboxylic acids is 1. The number of nitrogens with one attached hydrogen (secondary N) is 1. The van der Waals surface area contributed by atoms with Gasteiger partial charge in [0.15, 0.2) is 11.6 Å². The van der Waals surface area contributed by atoms with E-state index in [9.17, 15) is 18.4 Å². The Kier molecular flexibility index (Phi) is 4.32. The van der Waals surface area contributed by atoms with Crippen LogP contribution in [0.25, 0.3) is 0 Å². The van der Waals surface area contributed by atoms with E-state index in [0.717, 1.165) is 4.88 Å². The molecule has 0 unspecified atom stereocenters. The van der Waals surface area contributed by atoms with Gasteiger partial charge in [-0.05, 0) is 30.5 Å². The molecule has 0 saturated carbocycles. The monoisotopic (exact) mass is 311 g/mol. The molecule has 1 amide bonds. The number of carbonyl (C=O) groups is 2. The summed E-state index contributed by atoms with van der Waals surface area (Å²) >= 11 is 1.42. The molecule has 4 nitrogen and oxygen atoms in total. The molecule has 2 N–H and O–H groups in total. The van der Waals surface area contributed by atoms with Crippen LogP contribution < -0.4 is 5.32 Å². The lowest BCUT2D eigenvalue weighted by Crippen LogP contribution is -2.28. The smallest absolute Gasteiger partial charge is 0.336 e. The van der Waals surface area contributed by atoms with Crippen molar-refractivity contribution >= 4 is 23.2 Å². The van der Waals surface area contributed by atoms with Crippen LogP contribution >= 0.6 is 11.3 Å². The average Bonchev–Trinajstić information content (AvgIpc) is 2.95. The van der Waals surface area contributed by atoms with Crippen LogP contribution in [0.4, 0.5) is 8.78 Å². The Balaban J connectivity index is 2.30. The number of hydrogen-bond donors (Lipinski definition) is 2. The van der Waals surface area contributed by atoms with Gasteiger partial charge in [0.1, 0.15) is 0 Å². The molecule has 2 rings (SSSR count). The van der Waals surface area contributed by atoms with Gasteiger partial charge in [-0.15, -0.1) is 11.3 Å². The number of halogens is 2. The van der Waals surface area contributed by atoms with Crippen molar-refractivity contribution in [3.05, 3.63) is 57.3 Å². The van der Waals surface area contributed by atoms with Gasteiger partial charge in [0.2, 0.25) is 0 Å². The number of hydrogen-bond acceptors (Lipinski definition) is 3. The third-order valence-electron chi connectivity index (χ3n) is 2.85. The van der Waals surface area contributed by atoms with Crippen molar-refractivity contribution in [1.29, 1.82) is 0 Å². The Bertz CT molecular complexity index is 686. The van der Waals surface area contributed by atoms with Crippen LogP contribution in [0.5, 0.6) is 0 Å². The maximum atomic E-state index is 13.2. The molecule has 0 fully saturated rings. The van der Waals surface area contributed by atoms with Crippen molar-refractivity contribution in [2.75, 3.05) is 0 Å². The van der Waals surface area contributed by atoms with Gasteiger partial charge in [-0.1, -0.05) is 6.07 Å². The number of benzene rings is 1. The van der Waals surface area contributed by atoms with Crippen LogP contribution in [0.3, 0.4) is 0 Å². The summed E-state index contributed by atoms with van der Waals surface area (Å²) in [6.45, 7) is 1.71. The van der Waals surface area contributed by atoms with E-state index in [-0.39, 0.29) is 6.04 Å². The molecular formula is C14H11F2NO3S. The van der Waals surface area contributed by atoms with Gasteiger partial charge in [0.25, 0.3) is 5.91 Å². The zero-order valence-corrected chi connectivity index (χ0v) is 11.7. The molecular weight excluding hydrogens is 300 g/mol. The van der Waals surface area contributed by atoms with Crippen molar-refractivity contribution in [2.45, 2.75) is 13.0 Å². The number of rotatable bonds is 4. The lowest BCUT2D eigenvalue weighted by Gasteiger charge is -2.13. The molecule has 0 saturated heterocycles. The van der Waals surface area contributed by atoms with Gasteiger partial charge in [0.05, 0.1) is 17.2 Å². The quantitative estimate of drug-likeness (QED) is 0.911. The number of carbonyl (C=O) groups excluding carboxylic acids is 1. The highest BCUT2D eigenvalue weighted by atomic mass is 32.1.